The normalized spacial score (nSPS) is 10.5. The van der Waals surface area contributed by atoms with Gasteiger partial charge in [0.15, 0.2) is 5.82 Å². The van der Waals surface area contributed by atoms with E-state index in [4.69, 9.17) is 11.6 Å². The third kappa shape index (κ3) is 1.65. The highest BCUT2D eigenvalue weighted by atomic mass is 79.9. The number of benzene rings is 1. The van der Waals surface area contributed by atoms with Gasteiger partial charge in [0.2, 0.25) is 0 Å². The average Bonchev–Trinajstić information content (AvgIpc) is 2.57. The summed E-state index contributed by atoms with van der Waals surface area (Å²) in [5.74, 6) is 0.694. The van der Waals surface area contributed by atoms with Crippen LogP contribution in [0.1, 0.15) is 0 Å². The maximum Gasteiger partial charge on any atom is 0.181 e. The van der Waals surface area contributed by atoms with Crippen molar-refractivity contribution < 1.29 is 0 Å². The molecule has 2 aromatic rings. The van der Waals surface area contributed by atoms with Crippen molar-refractivity contribution in [1.82, 2.24) is 20.2 Å². The summed E-state index contributed by atoms with van der Waals surface area (Å²) in [5.41, 5.74) is 0.894. The first-order valence-electron chi connectivity index (χ1n) is 3.86. The van der Waals surface area contributed by atoms with Crippen molar-refractivity contribution in [3.8, 4) is 11.4 Å². The molecule has 0 amide bonds. The molecule has 6 heteroatoms. The summed E-state index contributed by atoms with van der Waals surface area (Å²) in [6, 6.07) is 5.59. The van der Waals surface area contributed by atoms with Gasteiger partial charge in [-0.15, -0.1) is 5.10 Å². The molecule has 0 unspecified atom stereocenters. The molecule has 0 aliphatic carbocycles. The van der Waals surface area contributed by atoms with Gasteiger partial charge in [0, 0.05) is 17.1 Å². The second-order valence-corrected chi connectivity index (χ2v) is 4.02. The van der Waals surface area contributed by atoms with Gasteiger partial charge in [0.05, 0.1) is 5.02 Å². The lowest BCUT2D eigenvalue weighted by atomic mass is 10.2. The first kappa shape index (κ1) is 9.61. The van der Waals surface area contributed by atoms with E-state index >= 15 is 0 Å². The molecule has 72 valence electrons. The van der Waals surface area contributed by atoms with Gasteiger partial charge in [-0.3, -0.25) is 0 Å². The van der Waals surface area contributed by atoms with Gasteiger partial charge in [-0.25, -0.2) is 4.68 Å². The van der Waals surface area contributed by atoms with Gasteiger partial charge in [0.1, 0.15) is 0 Å². The van der Waals surface area contributed by atoms with Crippen LogP contribution in [0.4, 0.5) is 0 Å². The summed E-state index contributed by atoms with van der Waals surface area (Å²) in [6.07, 6.45) is 0. The van der Waals surface area contributed by atoms with Crippen LogP contribution in [0.15, 0.2) is 22.7 Å². The Morgan fingerprint density at radius 3 is 2.79 bits per heavy atom. The van der Waals surface area contributed by atoms with Crippen LogP contribution < -0.4 is 0 Å². The van der Waals surface area contributed by atoms with Crippen LogP contribution in [0.2, 0.25) is 5.02 Å². The quantitative estimate of drug-likeness (QED) is 0.801. The van der Waals surface area contributed by atoms with E-state index in [9.17, 15) is 0 Å². The number of nitrogens with zero attached hydrogens (tertiary/aromatic N) is 4. The fourth-order valence-corrected chi connectivity index (χ4v) is 1.54. The molecule has 0 bridgehead atoms. The third-order valence-corrected chi connectivity index (χ3v) is 3.03. The van der Waals surface area contributed by atoms with Crippen LogP contribution in [0.25, 0.3) is 11.4 Å². The van der Waals surface area contributed by atoms with Crippen molar-refractivity contribution in [2.75, 3.05) is 0 Å². The standard InChI is InChI=1S/C8H6BrClN4/c1-14-8(11-12-13-14)5-2-3-6(9)7(10)4-5/h2-4H,1H3. The lowest BCUT2D eigenvalue weighted by Crippen LogP contribution is -1.94. The van der Waals surface area contributed by atoms with E-state index in [-0.39, 0.29) is 0 Å². The van der Waals surface area contributed by atoms with Crippen LogP contribution >= 0.6 is 27.5 Å². The van der Waals surface area contributed by atoms with Crippen molar-refractivity contribution in [3.05, 3.63) is 27.7 Å². The Bertz CT molecular complexity index is 468. The molecule has 4 nitrogen and oxygen atoms in total. The van der Waals surface area contributed by atoms with E-state index in [0.29, 0.717) is 10.8 Å². The summed E-state index contributed by atoms with van der Waals surface area (Å²) in [7, 11) is 1.78. The summed E-state index contributed by atoms with van der Waals surface area (Å²) in [6.45, 7) is 0. The molecule has 14 heavy (non-hydrogen) atoms. The van der Waals surface area contributed by atoms with Crippen molar-refractivity contribution >= 4 is 27.5 Å². The fraction of sp³-hybridized carbons (Fsp3) is 0.125. The minimum Gasteiger partial charge on any atom is -0.229 e. The summed E-state index contributed by atoms with van der Waals surface area (Å²) in [5, 5.41) is 11.8. The van der Waals surface area contributed by atoms with Gasteiger partial charge in [0.25, 0.3) is 0 Å². The number of hydrogen-bond acceptors (Lipinski definition) is 3. The van der Waals surface area contributed by atoms with Crippen molar-refractivity contribution in [1.29, 1.82) is 0 Å². The molecule has 0 radical (unpaired) electrons. The molecule has 0 fully saturated rings. The lowest BCUT2D eigenvalue weighted by Gasteiger charge is -2.00. The van der Waals surface area contributed by atoms with Crippen molar-refractivity contribution in [2.45, 2.75) is 0 Å². The van der Waals surface area contributed by atoms with E-state index in [1.807, 2.05) is 18.2 Å². The topological polar surface area (TPSA) is 43.6 Å². The number of halogens is 2. The smallest absolute Gasteiger partial charge is 0.181 e. The predicted molar refractivity (Wildman–Crippen MR) is 56.9 cm³/mol. The van der Waals surface area contributed by atoms with Crippen molar-refractivity contribution in [3.63, 3.8) is 0 Å². The molecule has 0 saturated heterocycles. The first-order chi connectivity index (χ1) is 6.68. The Labute approximate surface area is 94.0 Å². The molecule has 0 aliphatic heterocycles. The van der Waals surface area contributed by atoms with Crippen LogP contribution in [0.5, 0.6) is 0 Å². The van der Waals surface area contributed by atoms with E-state index < -0.39 is 0 Å². The number of rotatable bonds is 1. The maximum atomic E-state index is 5.96. The zero-order chi connectivity index (χ0) is 10.1. The first-order valence-corrected chi connectivity index (χ1v) is 5.03. The highest BCUT2D eigenvalue weighted by molar-refractivity contribution is 9.10. The SMILES string of the molecule is Cn1nnnc1-c1ccc(Br)c(Cl)c1. The highest BCUT2D eigenvalue weighted by Crippen LogP contribution is 2.27. The lowest BCUT2D eigenvalue weighted by molar-refractivity contribution is 0.714. The molecule has 0 spiro atoms. The molecule has 0 atom stereocenters. The molecule has 1 aromatic carbocycles. The zero-order valence-electron chi connectivity index (χ0n) is 7.28. The monoisotopic (exact) mass is 272 g/mol. The Morgan fingerprint density at radius 2 is 2.21 bits per heavy atom. The number of aromatic nitrogens is 4. The molecule has 0 N–H and O–H groups in total. The predicted octanol–water partition coefficient (Wildman–Crippen LogP) is 2.29. The third-order valence-electron chi connectivity index (χ3n) is 1.80. The number of tetrazole rings is 1. The van der Waals surface area contributed by atoms with Crippen molar-refractivity contribution in [2.24, 2.45) is 7.05 Å². The maximum absolute atomic E-state index is 5.96. The molecule has 0 saturated carbocycles. The number of aryl methyl sites for hydroxylation is 1. The van der Waals surface area contributed by atoms with Gasteiger partial charge in [-0.2, -0.15) is 0 Å². The van der Waals surface area contributed by atoms with E-state index in [1.165, 1.54) is 0 Å². The minimum atomic E-state index is 0.644. The largest absolute Gasteiger partial charge is 0.229 e. The molecule has 0 aliphatic rings. The highest BCUT2D eigenvalue weighted by Gasteiger charge is 2.07. The van der Waals surface area contributed by atoms with Crippen LogP contribution in [0.3, 0.4) is 0 Å². The van der Waals surface area contributed by atoms with E-state index in [2.05, 4.69) is 31.5 Å². The van der Waals surface area contributed by atoms with Gasteiger partial charge in [-0.05, 0) is 44.6 Å². The number of hydrogen-bond donors (Lipinski definition) is 0. The average molecular weight is 274 g/mol. The summed E-state index contributed by atoms with van der Waals surface area (Å²) < 4.78 is 2.46. The van der Waals surface area contributed by atoms with Gasteiger partial charge in [-0.1, -0.05) is 11.6 Å². The fourth-order valence-electron chi connectivity index (χ4n) is 1.11. The zero-order valence-corrected chi connectivity index (χ0v) is 9.62. The second kappa shape index (κ2) is 3.67. The van der Waals surface area contributed by atoms with Crippen LogP contribution in [-0.4, -0.2) is 20.2 Å². The molecule has 2 rings (SSSR count). The summed E-state index contributed by atoms with van der Waals surface area (Å²) in [4.78, 5) is 0. The molecular formula is C8H6BrClN4. The molecular weight excluding hydrogens is 267 g/mol. The minimum absolute atomic E-state index is 0.644. The second-order valence-electron chi connectivity index (χ2n) is 2.75. The van der Waals surface area contributed by atoms with Gasteiger partial charge >= 0.3 is 0 Å². The van der Waals surface area contributed by atoms with Crippen LogP contribution in [-0.2, 0) is 7.05 Å². The molecule has 1 heterocycles. The van der Waals surface area contributed by atoms with E-state index in [0.717, 1.165) is 10.0 Å². The van der Waals surface area contributed by atoms with E-state index in [1.54, 1.807) is 11.7 Å². The summed E-state index contributed by atoms with van der Waals surface area (Å²) >= 11 is 9.28. The van der Waals surface area contributed by atoms with Crippen LogP contribution in [0, 0.1) is 0 Å². The van der Waals surface area contributed by atoms with Gasteiger partial charge < -0.3 is 0 Å². The Balaban J connectivity index is 2.53. The Kier molecular flexibility index (Phi) is 2.52. The molecule has 1 aromatic heterocycles. The Hall–Kier alpha value is -0.940. The Morgan fingerprint density at radius 1 is 1.43 bits per heavy atom.